The molecule has 0 spiro atoms. The van der Waals surface area contributed by atoms with Crippen LogP contribution in [0.15, 0.2) is 36.0 Å². The summed E-state index contributed by atoms with van der Waals surface area (Å²) in [5, 5.41) is 1.98. The molecule has 0 aromatic carbocycles. The molecule has 0 aliphatic carbocycles. The third-order valence-electron chi connectivity index (χ3n) is 5.39. The van der Waals surface area contributed by atoms with Crippen molar-refractivity contribution in [2.45, 2.75) is 32.2 Å². The fraction of sp³-hybridized carbons (Fsp3) is 0.450. The Morgan fingerprint density at radius 2 is 2.30 bits per heavy atom. The fourth-order valence-electron chi connectivity index (χ4n) is 3.82. The van der Waals surface area contributed by atoms with Gasteiger partial charge in [-0.15, -0.1) is 11.3 Å². The third kappa shape index (κ3) is 3.75. The minimum absolute atomic E-state index is 0.0984. The first-order chi connectivity index (χ1) is 13.1. The van der Waals surface area contributed by atoms with E-state index in [0.29, 0.717) is 11.7 Å². The van der Waals surface area contributed by atoms with Gasteiger partial charge >= 0.3 is 0 Å². The van der Waals surface area contributed by atoms with Crippen molar-refractivity contribution in [1.82, 2.24) is 24.2 Å². The van der Waals surface area contributed by atoms with Gasteiger partial charge in [0.15, 0.2) is 4.96 Å². The smallest absolute Gasteiger partial charge is 0.272 e. The van der Waals surface area contributed by atoms with E-state index in [1.54, 1.807) is 11.3 Å². The van der Waals surface area contributed by atoms with Crippen molar-refractivity contribution >= 4 is 22.2 Å². The van der Waals surface area contributed by atoms with Gasteiger partial charge in [-0.3, -0.25) is 14.2 Å². The second kappa shape index (κ2) is 7.78. The lowest BCUT2D eigenvalue weighted by Gasteiger charge is -2.37. The molecule has 0 radical (unpaired) electrons. The lowest BCUT2D eigenvalue weighted by molar-refractivity contribution is 0.0604. The highest BCUT2D eigenvalue weighted by Gasteiger charge is 2.29. The number of fused-ring (bicyclic) bond motifs is 1. The quantitative estimate of drug-likeness (QED) is 0.680. The molecule has 1 saturated heterocycles. The van der Waals surface area contributed by atoms with Crippen molar-refractivity contribution in [3.8, 4) is 0 Å². The molecule has 1 fully saturated rings. The van der Waals surface area contributed by atoms with E-state index in [4.69, 9.17) is 0 Å². The molecule has 4 rings (SSSR count). The number of imidazole rings is 1. The molecule has 3 aromatic heterocycles. The maximum Gasteiger partial charge on any atom is 0.272 e. The highest BCUT2D eigenvalue weighted by Crippen LogP contribution is 2.22. The minimum Gasteiger partial charge on any atom is -0.336 e. The number of hydrogen-bond acceptors (Lipinski definition) is 5. The molecular weight excluding hydrogens is 358 g/mol. The molecule has 3 aromatic rings. The number of nitrogens with zero attached hydrogens (tertiary/aromatic N) is 5. The normalized spacial score (nSPS) is 17.7. The largest absolute Gasteiger partial charge is 0.336 e. The molecule has 1 aliphatic heterocycles. The summed E-state index contributed by atoms with van der Waals surface area (Å²) in [5.41, 5.74) is 2.64. The number of aromatic nitrogens is 3. The molecular formula is C20H25N5OS. The molecule has 142 valence electrons. The number of aryl methyl sites for hydroxylation is 1. The summed E-state index contributed by atoms with van der Waals surface area (Å²) in [5.74, 6) is 0.0984. The van der Waals surface area contributed by atoms with Crippen molar-refractivity contribution in [1.29, 1.82) is 0 Å². The first kappa shape index (κ1) is 18.1. The van der Waals surface area contributed by atoms with Gasteiger partial charge in [-0.2, -0.15) is 0 Å². The molecule has 0 N–H and O–H groups in total. The van der Waals surface area contributed by atoms with Crippen molar-refractivity contribution < 1.29 is 4.79 Å². The van der Waals surface area contributed by atoms with Crippen LogP contribution in [-0.2, 0) is 6.42 Å². The van der Waals surface area contributed by atoms with Crippen LogP contribution >= 0.6 is 11.3 Å². The average molecular weight is 384 g/mol. The molecule has 6 nitrogen and oxygen atoms in total. The van der Waals surface area contributed by atoms with Crippen LogP contribution in [0.2, 0.25) is 0 Å². The predicted octanol–water partition coefficient (Wildman–Crippen LogP) is 2.88. The SMILES string of the molecule is Cc1nc2sccn2c1C(=O)N1CCCC(N(C)CCc2ccccn2)C1. The summed E-state index contributed by atoms with van der Waals surface area (Å²) < 4.78 is 1.93. The Morgan fingerprint density at radius 3 is 3.11 bits per heavy atom. The van der Waals surface area contributed by atoms with Gasteiger partial charge in [0, 0.05) is 55.6 Å². The number of carbonyl (C=O) groups excluding carboxylic acids is 1. The van der Waals surface area contributed by atoms with E-state index in [9.17, 15) is 4.79 Å². The monoisotopic (exact) mass is 383 g/mol. The van der Waals surface area contributed by atoms with E-state index in [2.05, 4.69) is 28.0 Å². The van der Waals surface area contributed by atoms with E-state index in [0.717, 1.165) is 55.2 Å². The number of rotatable bonds is 5. The van der Waals surface area contributed by atoms with Crippen LogP contribution in [0.1, 0.15) is 34.7 Å². The lowest BCUT2D eigenvalue weighted by atomic mass is 10.0. The Hall–Kier alpha value is -2.25. The Balaban J connectivity index is 1.42. The number of likely N-dealkylation sites (N-methyl/N-ethyl adjacent to an activating group) is 1. The second-order valence-electron chi connectivity index (χ2n) is 7.20. The van der Waals surface area contributed by atoms with Crippen LogP contribution in [0.5, 0.6) is 0 Å². The van der Waals surface area contributed by atoms with Crippen molar-refractivity contribution in [3.05, 3.63) is 53.1 Å². The summed E-state index contributed by atoms with van der Waals surface area (Å²) >= 11 is 1.56. The summed E-state index contributed by atoms with van der Waals surface area (Å²) in [6.07, 6.45) is 6.87. The van der Waals surface area contributed by atoms with Gasteiger partial charge in [-0.05, 0) is 38.9 Å². The summed E-state index contributed by atoms with van der Waals surface area (Å²) in [6.45, 7) is 4.46. The number of amides is 1. The van der Waals surface area contributed by atoms with Crippen molar-refractivity contribution in [3.63, 3.8) is 0 Å². The van der Waals surface area contributed by atoms with Crippen molar-refractivity contribution in [2.75, 3.05) is 26.7 Å². The standard InChI is InChI=1S/C20H25N5OS/c1-15-18(25-12-13-27-20(25)22-15)19(26)24-10-5-7-17(14-24)23(2)11-8-16-6-3-4-9-21-16/h3-4,6,9,12-13,17H,5,7-8,10-11,14H2,1-2H3. The lowest BCUT2D eigenvalue weighted by Crippen LogP contribution is -2.49. The zero-order valence-electron chi connectivity index (χ0n) is 15.8. The van der Waals surface area contributed by atoms with Crippen LogP contribution in [0, 0.1) is 6.92 Å². The number of thiazole rings is 1. The molecule has 27 heavy (non-hydrogen) atoms. The van der Waals surface area contributed by atoms with Gasteiger partial charge in [0.2, 0.25) is 0 Å². The average Bonchev–Trinajstić information content (AvgIpc) is 3.26. The van der Waals surface area contributed by atoms with Crippen LogP contribution < -0.4 is 0 Å². The van der Waals surface area contributed by atoms with E-state index < -0.39 is 0 Å². The second-order valence-corrected chi connectivity index (χ2v) is 8.07. The molecule has 0 saturated carbocycles. The molecule has 4 heterocycles. The van der Waals surface area contributed by atoms with Gasteiger partial charge in [0.25, 0.3) is 5.91 Å². The highest BCUT2D eigenvalue weighted by atomic mass is 32.1. The van der Waals surface area contributed by atoms with Crippen molar-refractivity contribution in [2.24, 2.45) is 0 Å². The summed E-state index contributed by atoms with van der Waals surface area (Å²) in [6, 6.07) is 6.43. The Bertz CT molecular complexity index is 919. The zero-order chi connectivity index (χ0) is 18.8. The number of hydrogen-bond donors (Lipinski definition) is 0. The predicted molar refractivity (Wildman–Crippen MR) is 107 cm³/mol. The Kier molecular flexibility index (Phi) is 5.22. The van der Waals surface area contributed by atoms with Gasteiger partial charge < -0.3 is 9.80 Å². The number of piperidine rings is 1. The highest BCUT2D eigenvalue weighted by molar-refractivity contribution is 7.15. The van der Waals surface area contributed by atoms with Gasteiger partial charge in [-0.25, -0.2) is 4.98 Å². The zero-order valence-corrected chi connectivity index (χ0v) is 16.7. The van der Waals surface area contributed by atoms with Crippen LogP contribution in [-0.4, -0.2) is 62.8 Å². The van der Waals surface area contributed by atoms with Crippen LogP contribution in [0.4, 0.5) is 0 Å². The minimum atomic E-state index is 0.0984. The molecule has 1 unspecified atom stereocenters. The maximum atomic E-state index is 13.2. The van der Waals surface area contributed by atoms with E-state index in [1.807, 2.05) is 46.1 Å². The van der Waals surface area contributed by atoms with Gasteiger partial charge in [-0.1, -0.05) is 6.07 Å². The van der Waals surface area contributed by atoms with E-state index in [1.165, 1.54) is 0 Å². The van der Waals surface area contributed by atoms with Gasteiger partial charge in [0.1, 0.15) is 5.69 Å². The summed E-state index contributed by atoms with van der Waals surface area (Å²) in [4.78, 5) is 27.4. The van der Waals surface area contributed by atoms with Crippen LogP contribution in [0.25, 0.3) is 4.96 Å². The first-order valence-electron chi connectivity index (χ1n) is 9.45. The van der Waals surface area contributed by atoms with E-state index in [-0.39, 0.29) is 5.91 Å². The molecule has 1 amide bonds. The molecule has 1 atom stereocenters. The van der Waals surface area contributed by atoms with Gasteiger partial charge in [0.05, 0.1) is 5.69 Å². The first-order valence-corrected chi connectivity index (χ1v) is 10.3. The fourth-order valence-corrected chi connectivity index (χ4v) is 4.58. The number of pyridine rings is 1. The number of carbonyl (C=O) groups is 1. The third-order valence-corrected chi connectivity index (χ3v) is 6.15. The molecule has 0 bridgehead atoms. The summed E-state index contributed by atoms with van der Waals surface area (Å²) in [7, 11) is 2.16. The Labute approximate surface area is 163 Å². The molecule has 1 aliphatic rings. The maximum absolute atomic E-state index is 13.2. The molecule has 7 heteroatoms. The number of likely N-dealkylation sites (tertiary alicyclic amines) is 1. The Morgan fingerprint density at radius 1 is 1.41 bits per heavy atom. The topological polar surface area (TPSA) is 53.7 Å². The van der Waals surface area contributed by atoms with Crippen LogP contribution in [0.3, 0.4) is 0 Å². The van der Waals surface area contributed by atoms with E-state index >= 15 is 0 Å².